The summed E-state index contributed by atoms with van der Waals surface area (Å²) in [6.45, 7) is 3.92. The van der Waals surface area contributed by atoms with Crippen molar-refractivity contribution in [1.29, 1.82) is 0 Å². The van der Waals surface area contributed by atoms with E-state index < -0.39 is 12.1 Å². The highest BCUT2D eigenvalue weighted by atomic mass is 32.1. The third-order valence-electron chi connectivity index (χ3n) is 4.60. The molecule has 1 aliphatic heterocycles. The molecule has 1 atom stereocenters. The van der Waals surface area contributed by atoms with E-state index in [0.29, 0.717) is 11.4 Å². The largest absolute Gasteiger partial charge is 0.479 e. The molecule has 142 valence electrons. The normalized spacial score (nSPS) is 15.9. The van der Waals surface area contributed by atoms with Gasteiger partial charge in [-0.05, 0) is 49.7 Å². The van der Waals surface area contributed by atoms with Crippen molar-refractivity contribution in [2.75, 3.05) is 4.90 Å². The van der Waals surface area contributed by atoms with E-state index in [1.165, 1.54) is 6.07 Å². The molecule has 0 radical (unpaired) electrons. The number of amides is 1. The second kappa shape index (κ2) is 7.09. The van der Waals surface area contributed by atoms with Gasteiger partial charge in [-0.3, -0.25) is 4.79 Å². The smallest absolute Gasteiger partial charge is 0.335 e. The fourth-order valence-electron chi connectivity index (χ4n) is 3.21. The Morgan fingerprint density at radius 2 is 2.11 bits per heavy atom. The van der Waals surface area contributed by atoms with Gasteiger partial charge in [0.25, 0.3) is 5.91 Å². The fraction of sp³-hybridized carbons (Fsp3) is 0.190. The minimum absolute atomic E-state index is 0.167. The van der Waals surface area contributed by atoms with E-state index in [2.05, 4.69) is 4.98 Å². The summed E-state index contributed by atoms with van der Waals surface area (Å²) >= 11 is 1.57. The molecular weight excluding hydrogens is 376 g/mol. The summed E-state index contributed by atoms with van der Waals surface area (Å²) in [4.78, 5) is 30.3. The summed E-state index contributed by atoms with van der Waals surface area (Å²) in [5, 5.41) is 12.2. The Labute approximate surface area is 166 Å². The van der Waals surface area contributed by atoms with Crippen molar-refractivity contribution in [2.24, 2.45) is 0 Å². The first kappa shape index (κ1) is 18.2. The number of carboxylic acid groups (broad SMARTS) is 1. The van der Waals surface area contributed by atoms with Crippen LogP contribution >= 0.6 is 11.3 Å². The predicted molar refractivity (Wildman–Crippen MR) is 107 cm³/mol. The minimum Gasteiger partial charge on any atom is -0.479 e. The number of aromatic nitrogens is 1. The maximum absolute atomic E-state index is 12.8. The molecule has 0 spiro atoms. The molecule has 2 heterocycles. The average Bonchev–Trinajstić information content (AvgIpc) is 3.12. The first-order valence-electron chi connectivity index (χ1n) is 8.79. The van der Waals surface area contributed by atoms with Crippen LogP contribution in [0.5, 0.6) is 5.75 Å². The third-order valence-corrected chi connectivity index (χ3v) is 5.37. The first-order valence-corrected chi connectivity index (χ1v) is 9.67. The number of aromatic carboxylic acids is 1. The zero-order valence-corrected chi connectivity index (χ0v) is 16.2. The second-order valence-corrected chi connectivity index (χ2v) is 7.69. The highest BCUT2D eigenvalue weighted by Gasteiger charge is 2.32. The Hall–Kier alpha value is -3.19. The number of aryl methyl sites for hydroxylation is 1. The van der Waals surface area contributed by atoms with E-state index in [-0.39, 0.29) is 18.0 Å². The van der Waals surface area contributed by atoms with Crippen LogP contribution in [0.1, 0.15) is 27.9 Å². The number of fused-ring (bicyclic) bond motifs is 1. The van der Waals surface area contributed by atoms with Crippen molar-refractivity contribution in [2.45, 2.75) is 26.5 Å². The van der Waals surface area contributed by atoms with Gasteiger partial charge in [-0.2, -0.15) is 0 Å². The lowest BCUT2D eigenvalue weighted by molar-refractivity contribution is -0.125. The lowest BCUT2D eigenvalue weighted by atomic mass is 10.1. The van der Waals surface area contributed by atoms with Crippen LogP contribution in [0.15, 0.2) is 47.8 Å². The van der Waals surface area contributed by atoms with Crippen molar-refractivity contribution in [3.8, 4) is 17.0 Å². The molecule has 1 aromatic heterocycles. The van der Waals surface area contributed by atoms with Crippen LogP contribution in [0.3, 0.4) is 0 Å². The molecule has 1 amide bonds. The second-order valence-electron chi connectivity index (χ2n) is 6.62. The summed E-state index contributed by atoms with van der Waals surface area (Å²) in [5.41, 5.74) is 3.34. The van der Waals surface area contributed by atoms with Gasteiger partial charge in [-0.15, -0.1) is 11.3 Å². The van der Waals surface area contributed by atoms with E-state index in [9.17, 15) is 14.7 Å². The average molecular weight is 394 g/mol. The number of carbonyl (C=O) groups excluding carboxylic acids is 1. The van der Waals surface area contributed by atoms with Gasteiger partial charge in [-0.25, -0.2) is 9.78 Å². The molecule has 1 unspecified atom stereocenters. The Morgan fingerprint density at radius 1 is 1.29 bits per heavy atom. The number of hydrogen-bond donors (Lipinski definition) is 1. The van der Waals surface area contributed by atoms with Gasteiger partial charge in [0.1, 0.15) is 5.75 Å². The maximum atomic E-state index is 12.8. The highest BCUT2D eigenvalue weighted by molar-refractivity contribution is 7.09. The molecular formula is C21H18N2O4S. The molecule has 0 aliphatic carbocycles. The molecule has 0 fully saturated rings. The van der Waals surface area contributed by atoms with Crippen molar-refractivity contribution in [1.82, 2.24) is 4.98 Å². The Balaban J connectivity index is 1.74. The van der Waals surface area contributed by atoms with Gasteiger partial charge < -0.3 is 14.7 Å². The van der Waals surface area contributed by atoms with Crippen LogP contribution in [0.4, 0.5) is 5.69 Å². The van der Waals surface area contributed by atoms with Gasteiger partial charge in [-0.1, -0.05) is 12.1 Å². The van der Waals surface area contributed by atoms with Gasteiger partial charge in [0.2, 0.25) is 0 Å². The maximum Gasteiger partial charge on any atom is 0.335 e. The standard InChI is InChI=1S/C21H18N2O4S/c1-12-20(24)23(10-14-4-3-5-16(8-14)21(25)26)18-9-15(6-7-19(18)27-12)17-11-28-13(2)22-17/h3-9,11-12H,10H2,1-2H3,(H,25,26). The number of hydrogen-bond acceptors (Lipinski definition) is 5. The molecule has 3 aromatic rings. The molecule has 0 saturated heterocycles. The van der Waals surface area contributed by atoms with Crippen LogP contribution in [-0.4, -0.2) is 28.1 Å². The Kier molecular flexibility index (Phi) is 4.60. The number of rotatable bonds is 4. The summed E-state index contributed by atoms with van der Waals surface area (Å²) in [6.07, 6.45) is -0.609. The lowest BCUT2D eigenvalue weighted by Crippen LogP contribution is -2.44. The zero-order valence-electron chi connectivity index (χ0n) is 15.4. The molecule has 7 heteroatoms. The van der Waals surface area contributed by atoms with Crippen molar-refractivity contribution >= 4 is 28.9 Å². The van der Waals surface area contributed by atoms with Crippen LogP contribution < -0.4 is 9.64 Å². The highest BCUT2D eigenvalue weighted by Crippen LogP contribution is 2.38. The quantitative estimate of drug-likeness (QED) is 0.720. The number of carbonyl (C=O) groups is 2. The van der Waals surface area contributed by atoms with Crippen LogP contribution in [0.25, 0.3) is 11.3 Å². The summed E-state index contributed by atoms with van der Waals surface area (Å²) in [6, 6.07) is 12.3. The monoisotopic (exact) mass is 394 g/mol. The predicted octanol–water partition coefficient (Wildman–Crippen LogP) is 4.13. The summed E-state index contributed by atoms with van der Waals surface area (Å²) < 4.78 is 5.77. The van der Waals surface area contributed by atoms with Gasteiger partial charge in [0.05, 0.1) is 28.5 Å². The van der Waals surface area contributed by atoms with Gasteiger partial charge >= 0.3 is 5.97 Å². The number of benzene rings is 2. The molecule has 0 saturated carbocycles. The molecule has 0 bridgehead atoms. The van der Waals surface area contributed by atoms with E-state index in [1.54, 1.807) is 35.3 Å². The van der Waals surface area contributed by atoms with Crippen molar-refractivity contribution in [3.05, 3.63) is 64.0 Å². The topological polar surface area (TPSA) is 79.7 Å². The zero-order chi connectivity index (χ0) is 19.8. The van der Waals surface area contributed by atoms with Crippen molar-refractivity contribution < 1.29 is 19.4 Å². The minimum atomic E-state index is -0.995. The van der Waals surface area contributed by atoms with E-state index >= 15 is 0 Å². The number of anilines is 1. The number of carboxylic acids is 1. The van der Waals surface area contributed by atoms with E-state index in [1.807, 2.05) is 36.6 Å². The lowest BCUT2D eigenvalue weighted by Gasteiger charge is -2.33. The molecule has 1 aliphatic rings. The van der Waals surface area contributed by atoms with E-state index in [0.717, 1.165) is 21.8 Å². The molecule has 28 heavy (non-hydrogen) atoms. The Morgan fingerprint density at radius 3 is 2.82 bits per heavy atom. The fourth-order valence-corrected chi connectivity index (χ4v) is 3.83. The van der Waals surface area contributed by atoms with Gasteiger partial charge in [0, 0.05) is 10.9 Å². The molecule has 2 aromatic carbocycles. The van der Waals surface area contributed by atoms with Crippen LogP contribution in [0, 0.1) is 6.92 Å². The number of thiazole rings is 1. The summed E-state index contributed by atoms with van der Waals surface area (Å²) in [7, 11) is 0. The number of ether oxygens (including phenoxy) is 1. The van der Waals surface area contributed by atoms with Crippen LogP contribution in [-0.2, 0) is 11.3 Å². The Bertz CT molecular complexity index is 1080. The number of nitrogens with zero attached hydrogens (tertiary/aromatic N) is 2. The summed E-state index contributed by atoms with van der Waals surface area (Å²) in [5.74, 6) is -0.540. The molecule has 6 nitrogen and oxygen atoms in total. The van der Waals surface area contributed by atoms with E-state index in [4.69, 9.17) is 4.74 Å². The third kappa shape index (κ3) is 3.36. The van der Waals surface area contributed by atoms with Gasteiger partial charge in [0.15, 0.2) is 6.10 Å². The SMILES string of the molecule is Cc1nc(-c2ccc3c(c2)N(Cc2cccc(C(=O)O)c2)C(=O)C(C)O3)cs1. The van der Waals surface area contributed by atoms with Crippen molar-refractivity contribution in [3.63, 3.8) is 0 Å². The molecule has 4 rings (SSSR count). The van der Waals surface area contributed by atoms with Crippen LogP contribution in [0.2, 0.25) is 0 Å². The molecule has 1 N–H and O–H groups in total. The first-order chi connectivity index (χ1) is 13.4.